The van der Waals surface area contributed by atoms with Gasteiger partial charge in [-0.25, -0.2) is 0 Å². The molecule has 0 fully saturated rings. The van der Waals surface area contributed by atoms with Gasteiger partial charge in [0.2, 0.25) is 0 Å². The molecule has 3 heteroatoms. The zero-order valence-electron chi connectivity index (χ0n) is 50.6. The number of benzene rings is 9. The molecule has 15 rings (SSSR count). The molecule has 414 valence electrons. The van der Waals surface area contributed by atoms with Gasteiger partial charge in [-0.1, -0.05) is 268 Å². The van der Waals surface area contributed by atoms with E-state index >= 15 is 0 Å². The predicted octanol–water partition coefficient (Wildman–Crippen LogP) is 20.1. The van der Waals surface area contributed by atoms with Crippen molar-refractivity contribution < 1.29 is 0 Å². The Morgan fingerprint density at radius 3 is 1.46 bits per heavy atom. The molecule has 85 heavy (non-hydrogen) atoms. The Balaban J connectivity index is 1.02. The first kappa shape index (κ1) is 52.9. The Kier molecular flexibility index (Phi) is 12.3. The van der Waals surface area contributed by atoms with Crippen LogP contribution in [-0.4, -0.2) is 6.71 Å². The maximum atomic E-state index is 2.64. The van der Waals surface area contributed by atoms with Crippen LogP contribution in [-0.2, 0) is 5.41 Å². The maximum absolute atomic E-state index is 2.64. The molecule has 2 heterocycles. The smallest absolute Gasteiger partial charge is 0.252 e. The molecule has 0 N–H and O–H groups in total. The number of rotatable bonds is 7. The molecule has 0 saturated carbocycles. The van der Waals surface area contributed by atoms with Crippen LogP contribution in [0.25, 0.3) is 50.1 Å². The van der Waals surface area contributed by atoms with E-state index in [0.29, 0.717) is 17.8 Å². The third-order valence-corrected chi connectivity index (χ3v) is 19.4. The summed E-state index contributed by atoms with van der Waals surface area (Å²) < 4.78 is 0. The molecule has 0 aromatic heterocycles. The van der Waals surface area contributed by atoms with E-state index in [4.69, 9.17) is 0 Å². The first-order chi connectivity index (χ1) is 41.0. The van der Waals surface area contributed by atoms with Crippen LogP contribution in [0, 0.1) is 28.6 Å². The van der Waals surface area contributed by atoms with Gasteiger partial charge in [0.15, 0.2) is 0 Å². The van der Waals surface area contributed by atoms with Crippen LogP contribution in [0.5, 0.6) is 0 Å². The monoisotopic (exact) mass is 1100 g/mol. The Bertz CT molecular complexity index is 4340. The lowest BCUT2D eigenvalue weighted by molar-refractivity contribution is 0.329. The number of fused-ring (bicyclic) bond motifs is 4. The summed E-state index contributed by atoms with van der Waals surface area (Å²) in [5, 5.41) is 0. The summed E-state index contributed by atoms with van der Waals surface area (Å²) in [6, 6.07) is 80.4. The van der Waals surface area contributed by atoms with Crippen molar-refractivity contribution in [3.05, 3.63) is 288 Å². The van der Waals surface area contributed by atoms with Gasteiger partial charge in [0.25, 0.3) is 6.71 Å². The fraction of sp³-hybridized carbons (Fsp3) is 0.195. The van der Waals surface area contributed by atoms with Crippen molar-refractivity contribution >= 4 is 62.8 Å². The highest BCUT2D eigenvalue weighted by molar-refractivity contribution is 7.00. The van der Waals surface area contributed by atoms with Crippen LogP contribution < -0.4 is 26.2 Å². The average Bonchev–Trinajstić information content (AvgIpc) is 0.820. The fourth-order valence-corrected chi connectivity index (χ4v) is 14.7. The zero-order chi connectivity index (χ0) is 58.1. The van der Waals surface area contributed by atoms with Crippen LogP contribution in [0.3, 0.4) is 0 Å². The topological polar surface area (TPSA) is 6.48 Å². The minimum atomic E-state index is -0.0882. The quantitative estimate of drug-likeness (QED) is 0.147. The van der Waals surface area contributed by atoms with E-state index in [0.717, 1.165) is 17.8 Å². The van der Waals surface area contributed by atoms with Crippen molar-refractivity contribution in [1.29, 1.82) is 0 Å². The van der Waals surface area contributed by atoms with Crippen molar-refractivity contribution in [2.75, 3.05) is 9.80 Å². The molecule has 0 amide bonds. The summed E-state index contributed by atoms with van der Waals surface area (Å²) >= 11 is 0. The second kappa shape index (κ2) is 19.9. The Morgan fingerprint density at radius 1 is 0.388 bits per heavy atom. The lowest BCUT2D eigenvalue weighted by atomic mass is 9.33. The average molecular weight is 1100 g/mol. The van der Waals surface area contributed by atoms with Crippen molar-refractivity contribution in [2.45, 2.75) is 74.1 Å². The molecule has 9 aromatic carbocycles. The predicted molar refractivity (Wildman–Crippen MR) is 363 cm³/mol. The molecular formula is C82H73BN2. The summed E-state index contributed by atoms with van der Waals surface area (Å²) in [4.78, 5) is 5.20. The summed E-state index contributed by atoms with van der Waals surface area (Å²) in [5.74, 6) is 1.12. The molecule has 0 spiro atoms. The molecule has 0 radical (unpaired) electrons. The van der Waals surface area contributed by atoms with E-state index in [1.165, 1.54) is 128 Å². The molecule has 2 aliphatic heterocycles. The fourth-order valence-electron chi connectivity index (χ4n) is 14.7. The van der Waals surface area contributed by atoms with E-state index in [1.807, 2.05) is 0 Å². The number of allylic oxidation sites excluding steroid dienone is 12. The highest BCUT2D eigenvalue weighted by atomic mass is 15.2. The van der Waals surface area contributed by atoms with Crippen LogP contribution in [0.2, 0.25) is 0 Å². The van der Waals surface area contributed by atoms with Crippen LogP contribution >= 0.6 is 0 Å². The summed E-state index contributed by atoms with van der Waals surface area (Å²) in [7, 11) is 0. The first-order valence-electron chi connectivity index (χ1n) is 30.8. The van der Waals surface area contributed by atoms with Crippen molar-refractivity contribution in [3.63, 3.8) is 0 Å². The molecule has 0 saturated heterocycles. The molecule has 0 bridgehead atoms. The van der Waals surface area contributed by atoms with Gasteiger partial charge in [-0.15, -0.1) is 0 Å². The van der Waals surface area contributed by atoms with Gasteiger partial charge in [-0.05, 0) is 177 Å². The summed E-state index contributed by atoms with van der Waals surface area (Å²) in [6.45, 7) is 21.1. The van der Waals surface area contributed by atoms with E-state index in [2.05, 4.69) is 321 Å². The second-order valence-electron chi connectivity index (χ2n) is 27.8. The standard InChI is InChI=1S/C82H73BN2/c1-80(2,3)64-35-27-57(28-36-64)62-49-75-79-76(50-62)85(68-39-31-56(32-40-68)53-21-15-11-16-22-53)74-48-59(69-46-63-45-65(81(4,5)6)43-60-25-26-61-44-66(82(7,8)9)51-70(69)78(61)77(60)63)33-41-71(74)83(79)72-47-58(54-23-17-12-18-24-54)34-42-73(72)84(75)67-37-29-55(30-38-67)52-19-13-10-14-20-52/h10-43,45-51,61,77-78H,44H2,1-9H3. The Labute approximate surface area is 504 Å². The number of hydrogen-bond donors (Lipinski definition) is 0. The van der Waals surface area contributed by atoms with E-state index in [9.17, 15) is 0 Å². The lowest BCUT2D eigenvalue weighted by Gasteiger charge is -2.48. The van der Waals surface area contributed by atoms with Crippen molar-refractivity contribution in [1.82, 2.24) is 0 Å². The summed E-state index contributed by atoms with van der Waals surface area (Å²) in [5.41, 5.74) is 31.9. The first-order valence-corrected chi connectivity index (χ1v) is 30.8. The van der Waals surface area contributed by atoms with E-state index in [1.54, 1.807) is 0 Å². The van der Waals surface area contributed by atoms with Gasteiger partial charge in [0.05, 0.1) is 0 Å². The number of hydrogen-bond acceptors (Lipinski definition) is 2. The minimum absolute atomic E-state index is 0.0134. The normalized spacial score (nSPS) is 18.4. The van der Waals surface area contributed by atoms with Crippen molar-refractivity contribution in [2.24, 2.45) is 28.6 Å². The third-order valence-electron chi connectivity index (χ3n) is 19.4. The molecule has 3 unspecified atom stereocenters. The maximum Gasteiger partial charge on any atom is 0.252 e. The van der Waals surface area contributed by atoms with E-state index < -0.39 is 0 Å². The van der Waals surface area contributed by atoms with Crippen LogP contribution in [0.15, 0.2) is 277 Å². The van der Waals surface area contributed by atoms with Crippen molar-refractivity contribution in [3.8, 4) is 44.5 Å². The molecule has 3 atom stereocenters. The zero-order valence-corrected chi connectivity index (χ0v) is 50.6. The van der Waals surface area contributed by atoms with Gasteiger partial charge >= 0.3 is 0 Å². The Morgan fingerprint density at radius 2 is 0.894 bits per heavy atom. The minimum Gasteiger partial charge on any atom is -0.311 e. The second-order valence-corrected chi connectivity index (χ2v) is 27.8. The highest BCUT2D eigenvalue weighted by Gasteiger charge is 2.47. The van der Waals surface area contributed by atoms with E-state index in [-0.39, 0.29) is 23.0 Å². The Hall–Kier alpha value is -8.92. The van der Waals surface area contributed by atoms with Crippen LogP contribution in [0.4, 0.5) is 34.1 Å². The van der Waals surface area contributed by atoms with Gasteiger partial charge in [-0.3, -0.25) is 0 Å². The van der Waals surface area contributed by atoms with Gasteiger partial charge in [-0.2, -0.15) is 0 Å². The van der Waals surface area contributed by atoms with Gasteiger partial charge in [0.1, 0.15) is 0 Å². The molecule has 2 nitrogen and oxygen atoms in total. The van der Waals surface area contributed by atoms with Gasteiger partial charge in [0, 0.05) is 46.0 Å². The SMILES string of the molecule is CC(C)(C)C1=CC2=CC(c3ccc4c(c3)N(c3ccc(-c5ccccc5)cc3)c3cc(-c5ccc(C(C)(C)C)cc5)cc5c3B4c3cc(-c4ccccc4)ccc3N5c3ccc(-c4ccccc4)cc3)=C3C=C(C(C)(C)C)CC4C=CC(=C1)C2C34. The molecular weight excluding hydrogens is 1020 g/mol. The molecule has 4 aliphatic carbocycles. The number of nitrogens with zero attached hydrogens (tertiary/aromatic N) is 2. The largest absolute Gasteiger partial charge is 0.311 e. The third kappa shape index (κ3) is 9.09. The van der Waals surface area contributed by atoms with Gasteiger partial charge < -0.3 is 9.80 Å². The summed E-state index contributed by atoms with van der Waals surface area (Å²) in [6.07, 6.45) is 16.5. The van der Waals surface area contributed by atoms with Crippen LogP contribution in [0.1, 0.15) is 79.9 Å². The lowest BCUT2D eigenvalue weighted by Crippen LogP contribution is -2.61. The molecule has 6 aliphatic rings. The highest BCUT2D eigenvalue weighted by Crippen LogP contribution is 2.58. The number of anilines is 6. The molecule has 9 aromatic rings.